The average Bonchev–Trinajstić information content (AvgIpc) is 2.29. The highest BCUT2D eigenvalue weighted by Crippen LogP contribution is 2.41. The van der Waals surface area contributed by atoms with Crippen molar-refractivity contribution in [2.24, 2.45) is 0 Å². The third-order valence-corrected chi connectivity index (χ3v) is 3.12. The summed E-state index contributed by atoms with van der Waals surface area (Å²) in [4.78, 5) is 1.13. The molecule has 1 atom stereocenters. The van der Waals surface area contributed by atoms with E-state index in [0.717, 1.165) is 10.6 Å². The van der Waals surface area contributed by atoms with Gasteiger partial charge in [-0.25, -0.2) is 0 Å². The second-order valence-electron chi connectivity index (χ2n) is 2.84. The Kier molecular flexibility index (Phi) is 1.45. The largest absolute Gasteiger partial charge is 0.627 e. The predicted octanol–water partition coefficient (Wildman–Crippen LogP) is 2.18. The number of para-hydroxylation sites is 1. The van der Waals surface area contributed by atoms with Crippen molar-refractivity contribution in [2.75, 3.05) is 12.9 Å². The summed E-state index contributed by atoms with van der Waals surface area (Å²) in [6, 6.07) is 7.79. The molecule has 1 aliphatic heterocycles. The van der Waals surface area contributed by atoms with Gasteiger partial charge in [0, 0.05) is 6.07 Å². The third kappa shape index (κ3) is 1.05. The predicted molar refractivity (Wildman–Crippen MR) is 48.3 cm³/mol. The van der Waals surface area contributed by atoms with E-state index in [4.69, 9.17) is 0 Å². The summed E-state index contributed by atoms with van der Waals surface area (Å²) in [5.74, 6) is 0.610. The molecule has 1 unspecified atom stereocenters. The van der Waals surface area contributed by atoms with Crippen LogP contribution in [0.3, 0.4) is 0 Å². The fourth-order valence-corrected chi connectivity index (χ4v) is 2.34. The van der Waals surface area contributed by atoms with Crippen molar-refractivity contribution in [3.63, 3.8) is 0 Å². The van der Waals surface area contributed by atoms with Gasteiger partial charge in [-0.3, -0.25) is 0 Å². The number of hydroxylamine groups is 2. The maximum atomic E-state index is 11.6. The van der Waals surface area contributed by atoms with Crippen molar-refractivity contribution in [2.45, 2.75) is 4.90 Å². The summed E-state index contributed by atoms with van der Waals surface area (Å²) in [5.41, 5.74) is 0.900. The quantitative estimate of drug-likeness (QED) is 0.436. The normalized spacial score (nSPS) is 28.5. The molecule has 0 aliphatic carbocycles. The smallest absolute Gasteiger partial charge is 0.147 e. The standard InChI is InChI=1S/C8H9NOS/c1-9(10)6-11-8-5-3-2-4-7(8)9/h2-5H,6H2,1H3. The topological polar surface area (TPSA) is 23.1 Å². The third-order valence-electron chi connectivity index (χ3n) is 1.84. The van der Waals surface area contributed by atoms with Gasteiger partial charge in [-0.05, 0) is 6.07 Å². The van der Waals surface area contributed by atoms with E-state index >= 15 is 0 Å². The molecule has 0 aromatic heterocycles. The number of fused-ring (bicyclic) bond motifs is 1. The second-order valence-corrected chi connectivity index (χ2v) is 3.83. The maximum Gasteiger partial charge on any atom is 0.147 e. The first-order valence-corrected chi connectivity index (χ1v) is 4.48. The van der Waals surface area contributed by atoms with Crippen molar-refractivity contribution in [3.8, 4) is 0 Å². The average molecular weight is 167 g/mol. The van der Waals surface area contributed by atoms with Gasteiger partial charge < -0.3 is 9.85 Å². The summed E-state index contributed by atoms with van der Waals surface area (Å²) in [6.45, 7) is 0. The Morgan fingerprint density at radius 1 is 1.45 bits per heavy atom. The lowest BCUT2D eigenvalue weighted by Gasteiger charge is -2.32. The molecular formula is C8H9NOS. The zero-order chi connectivity index (χ0) is 7.90. The van der Waals surface area contributed by atoms with E-state index in [2.05, 4.69) is 0 Å². The first-order chi connectivity index (χ1) is 5.20. The summed E-state index contributed by atoms with van der Waals surface area (Å²) in [5, 5.41) is 11.6. The molecule has 11 heavy (non-hydrogen) atoms. The van der Waals surface area contributed by atoms with Gasteiger partial charge in [0.05, 0.1) is 11.9 Å². The number of hydrogen-bond donors (Lipinski definition) is 0. The molecule has 2 nitrogen and oxygen atoms in total. The molecule has 0 N–H and O–H groups in total. The molecule has 0 radical (unpaired) electrons. The fraction of sp³-hybridized carbons (Fsp3) is 0.250. The van der Waals surface area contributed by atoms with Gasteiger partial charge in [-0.15, -0.1) is 0 Å². The molecule has 1 aromatic rings. The van der Waals surface area contributed by atoms with Crippen LogP contribution in [0.5, 0.6) is 0 Å². The van der Waals surface area contributed by atoms with Gasteiger partial charge >= 0.3 is 0 Å². The van der Waals surface area contributed by atoms with Crippen LogP contribution < -0.4 is 4.65 Å². The van der Waals surface area contributed by atoms with E-state index in [0.29, 0.717) is 5.88 Å². The van der Waals surface area contributed by atoms with Crippen molar-refractivity contribution < 1.29 is 0 Å². The number of quaternary nitrogens is 1. The summed E-state index contributed by atoms with van der Waals surface area (Å²) in [7, 11) is 1.69. The van der Waals surface area contributed by atoms with E-state index < -0.39 is 0 Å². The Labute approximate surface area is 70.0 Å². The molecule has 1 aliphatic rings. The monoisotopic (exact) mass is 167 g/mol. The second kappa shape index (κ2) is 2.24. The molecule has 1 heterocycles. The SMILES string of the molecule is C[N+]1([O-])CSc2ccccc21. The van der Waals surface area contributed by atoms with E-state index in [1.54, 1.807) is 18.8 Å². The van der Waals surface area contributed by atoms with Crippen LogP contribution in [-0.2, 0) is 0 Å². The molecule has 2 rings (SSSR count). The van der Waals surface area contributed by atoms with Crippen LogP contribution in [-0.4, -0.2) is 12.9 Å². The van der Waals surface area contributed by atoms with E-state index in [9.17, 15) is 5.21 Å². The Balaban J connectivity index is 2.56. The Bertz CT molecular complexity index is 285. The molecule has 0 bridgehead atoms. The van der Waals surface area contributed by atoms with Gasteiger partial charge in [0.2, 0.25) is 0 Å². The summed E-state index contributed by atoms with van der Waals surface area (Å²) < 4.78 is -0.235. The summed E-state index contributed by atoms with van der Waals surface area (Å²) >= 11 is 1.63. The molecule has 0 spiro atoms. The lowest BCUT2D eigenvalue weighted by Crippen LogP contribution is -2.34. The van der Waals surface area contributed by atoms with Crippen LogP contribution in [0, 0.1) is 5.21 Å². The highest BCUT2D eigenvalue weighted by molar-refractivity contribution is 7.99. The van der Waals surface area contributed by atoms with Crippen LogP contribution in [0.15, 0.2) is 29.2 Å². The molecule has 0 fully saturated rings. The minimum atomic E-state index is -0.235. The highest BCUT2D eigenvalue weighted by Gasteiger charge is 2.26. The molecule has 1 aromatic carbocycles. The van der Waals surface area contributed by atoms with Crippen molar-refractivity contribution >= 4 is 17.4 Å². The molecule has 0 amide bonds. The zero-order valence-electron chi connectivity index (χ0n) is 6.28. The minimum absolute atomic E-state index is 0.235. The Hall–Kier alpha value is -0.510. The van der Waals surface area contributed by atoms with E-state index in [1.165, 1.54) is 0 Å². The number of thioether (sulfide) groups is 1. The lowest BCUT2D eigenvalue weighted by atomic mass is 10.3. The van der Waals surface area contributed by atoms with Gasteiger partial charge in [0.15, 0.2) is 0 Å². The zero-order valence-corrected chi connectivity index (χ0v) is 7.10. The molecular weight excluding hydrogens is 158 g/mol. The van der Waals surface area contributed by atoms with Gasteiger partial charge in [0.1, 0.15) is 11.6 Å². The Morgan fingerprint density at radius 2 is 2.18 bits per heavy atom. The van der Waals surface area contributed by atoms with Gasteiger partial charge in [-0.2, -0.15) is 0 Å². The van der Waals surface area contributed by atoms with Crippen LogP contribution >= 0.6 is 11.8 Å². The minimum Gasteiger partial charge on any atom is -0.627 e. The number of rotatable bonds is 0. The maximum absolute atomic E-state index is 11.6. The number of nitrogens with zero attached hydrogens (tertiary/aromatic N) is 1. The number of benzene rings is 1. The molecule has 3 heteroatoms. The fourth-order valence-electron chi connectivity index (χ4n) is 1.23. The van der Waals surface area contributed by atoms with Crippen LogP contribution in [0.4, 0.5) is 5.69 Å². The Morgan fingerprint density at radius 3 is 2.91 bits per heavy atom. The van der Waals surface area contributed by atoms with E-state index in [1.807, 2.05) is 24.3 Å². The van der Waals surface area contributed by atoms with Gasteiger partial charge in [0.25, 0.3) is 0 Å². The van der Waals surface area contributed by atoms with Crippen molar-refractivity contribution in [3.05, 3.63) is 29.5 Å². The highest BCUT2D eigenvalue weighted by atomic mass is 32.2. The number of hydrogen-bond acceptors (Lipinski definition) is 2. The molecule has 58 valence electrons. The van der Waals surface area contributed by atoms with Crippen LogP contribution in [0.25, 0.3) is 0 Å². The lowest BCUT2D eigenvalue weighted by molar-refractivity contribution is 0.528. The van der Waals surface area contributed by atoms with Crippen molar-refractivity contribution in [1.82, 2.24) is 4.65 Å². The van der Waals surface area contributed by atoms with Gasteiger partial charge in [-0.1, -0.05) is 23.9 Å². The molecule has 0 saturated heterocycles. The summed E-state index contributed by atoms with van der Waals surface area (Å²) in [6.07, 6.45) is 0. The van der Waals surface area contributed by atoms with Crippen LogP contribution in [0.1, 0.15) is 0 Å². The first-order valence-electron chi connectivity index (χ1n) is 3.49. The first kappa shape index (κ1) is 7.16. The van der Waals surface area contributed by atoms with Crippen molar-refractivity contribution in [1.29, 1.82) is 0 Å². The molecule has 0 saturated carbocycles. The van der Waals surface area contributed by atoms with Crippen LogP contribution in [0.2, 0.25) is 0 Å². The van der Waals surface area contributed by atoms with E-state index in [-0.39, 0.29) is 4.65 Å².